The quantitative estimate of drug-likeness (QED) is 0.767. The Bertz CT molecular complexity index is 834. The fourth-order valence-electron chi connectivity index (χ4n) is 1.87. The predicted molar refractivity (Wildman–Crippen MR) is 88.3 cm³/mol. The monoisotopic (exact) mass is 369 g/mol. The van der Waals surface area contributed by atoms with E-state index in [2.05, 4.69) is 15.0 Å². The van der Waals surface area contributed by atoms with Crippen LogP contribution in [0.15, 0.2) is 40.7 Å². The molecular weight excluding hydrogens is 354 g/mol. The van der Waals surface area contributed by atoms with Crippen LogP contribution in [0.25, 0.3) is 0 Å². The van der Waals surface area contributed by atoms with Gasteiger partial charge in [-0.05, 0) is 12.1 Å². The molecule has 0 fully saturated rings. The maximum Gasteiger partial charge on any atom is 0.339 e. The molecule has 0 atom stereocenters. The van der Waals surface area contributed by atoms with E-state index in [9.17, 15) is 18.0 Å². The van der Waals surface area contributed by atoms with E-state index in [1.165, 1.54) is 48.8 Å². The highest BCUT2D eigenvalue weighted by Gasteiger charge is 2.28. The van der Waals surface area contributed by atoms with Crippen molar-refractivity contribution in [2.24, 2.45) is 0 Å². The Labute approximate surface area is 143 Å². The molecule has 0 aliphatic carbocycles. The van der Waals surface area contributed by atoms with E-state index >= 15 is 0 Å². The third kappa shape index (κ3) is 3.96. The SMILES string of the molecule is COC(=O)c1ccccc1S(=O)(=O)N(C)CC(=O)Nc1nccs1. The maximum absolute atomic E-state index is 12.6. The van der Waals surface area contributed by atoms with Gasteiger partial charge in [-0.3, -0.25) is 4.79 Å². The lowest BCUT2D eigenvalue weighted by molar-refractivity contribution is -0.116. The van der Waals surface area contributed by atoms with Crippen LogP contribution in [0.5, 0.6) is 0 Å². The average molecular weight is 369 g/mol. The van der Waals surface area contributed by atoms with E-state index in [0.29, 0.717) is 5.13 Å². The minimum atomic E-state index is -4.04. The lowest BCUT2D eigenvalue weighted by atomic mass is 10.2. The van der Waals surface area contributed by atoms with Gasteiger partial charge in [0.2, 0.25) is 15.9 Å². The molecular formula is C14H15N3O5S2. The molecule has 24 heavy (non-hydrogen) atoms. The molecule has 128 valence electrons. The van der Waals surface area contributed by atoms with Crippen molar-refractivity contribution in [1.82, 2.24) is 9.29 Å². The number of methoxy groups -OCH3 is 1. The van der Waals surface area contributed by atoms with E-state index in [-0.39, 0.29) is 10.5 Å². The predicted octanol–water partition coefficient (Wildman–Crippen LogP) is 1.19. The third-order valence-electron chi connectivity index (χ3n) is 3.03. The first kappa shape index (κ1) is 18.0. The highest BCUT2D eigenvalue weighted by Crippen LogP contribution is 2.20. The highest BCUT2D eigenvalue weighted by atomic mass is 32.2. The molecule has 0 unspecified atom stereocenters. The first-order valence-corrected chi connectivity index (χ1v) is 9.01. The number of nitrogens with zero attached hydrogens (tertiary/aromatic N) is 2. The van der Waals surface area contributed by atoms with Crippen molar-refractivity contribution in [3.8, 4) is 0 Å². The number of esters is 1. The number of hydrogen-bond acceptors (Lipinski definition) is 7. The van der Waals surface area contributed by atoms with Crippen LogP contribution in [0, 0.1) is 0 Å². The van der Waals surface area contributed by atoms with E-state index in [1.807, 2.05) is 0 Å². The molecule has 0 radical (unpaired) electrons. The summed E-state index contributed by atoms with van der Waals surface area (Å²) in [5.74, 6) is -1.30. The Morgan fingerprint density at radius 1 is 1.33 bits per heavy atom. The van der Waals surface area contributed by atoms with Gasteiger partial charge in [0, 0.05) is 18.6 Å². The van der Waals surface area contributed by atoms with Crippen LogP contribution >= 0.6 is 11.3 Å². The summed E-state index contributed by atoms with van der Waals surface area (Å²) in [6.45, 7) is -0.419. The van der Waals surface area contributed by atoms with Gasteiger partial charge in [0.15, 0.2) is 5.13 Å². The minimum Gasteiger partial charge on any atom is -0.465 e. The fraction of sp³-hybridized carbons (Fsp3) is 0.214. The van der Waals surface area contributed by atoms with Gasteiger partial charge in [0.1, 0.15) is 0 Å². The van der Waals surface area contributed by atoms with E-state index in [0.717, 1.165) is 11.4 Å². The summed E-state index contributed by atoms with van der Waals surface area (Å²) >= 11 is 1.22. The number of thiazole rings is 1. The summed E-state index contributed by atoms with van der Waals surface area (Å²) in [7, 11) is -1.63. The number of benzene rings is 1. The van der Waals surface area contributed by atoms with Crippen LogP contribution in [-0.4, -0.2) is 50.3 Å². The molecule has 0 saturated carbocycles. The van der Waals surface area contributed by atoms with Crippen LogP contribution in [0.3, 0.4) is 0 Å². The summed E-state index contributed by atoms with van der Waals surface area (Å²) < 4.78 is 30.7. The number of likely N-dealkylation sites (N-methyl/N-ethyl adjacent to an activating group) is 1. The Balaban J connectivity index is 2.20. The molecule has 2 aromatic rings. The number of aromatic nitrogens is 1. The minimum absolute atomic E-state index is 0.0906. The van der Waals surface area contributed by atoms with Gasteiger partial charge in [0.25, 0.3) is 0 Å². The Morgan fingerprint density at radius 2 is 2.04 bits per heavy atom. The van der Waals surface area contributed by atoms with E-state index in [1.54, 1.807) is 5.38 Å². The van der Waals surface area contributed by atoms with Crippen molar-refractivity contribution >= 4 is 38.4 Å². The molecule has 0 aliphatic rings. The summed E-state index contributed by atoms with van der Waals surface area (Å²) in [5.41, 5.74) is -0.0906. The zero-order chi connectivity index (χ0) is 17.7. The molecule has 0 aliphatic heterocycles. The summed E-state index contributed by atoms with van der Waals surface area (Å²) in [6, 6.07) is 5.66. The van der Waals surface area contributed by atoms with Crippen molar-refractivity contribution in [2.45, 2.75) is 4.90 Å². The Hall–Kier alpha value is -2.30. The maximum atomic E-state index is 12.6. The molecule has 2 rings (SSSR count). The summed E-state index contributed by atoms with van der Waals surface area (Å²) in [5, 5.41) is 4.55. The molecule has 0 bridgehead atoms. The number of anilines is 1. The van der Waals surface area contributed by atoms with Gasteiger partial charge in [-0.1, -0.05) is 12.1 Å². The zero-order valence-electron chi connectivity index (χ0n) is 12.9. The fourth-order valence-corrected chi connectivity index (χ4v) is 3.72. The number of hydrogen-bond donors (Lipinski definition) is 1. The molecule has 10 heteroatoms. The molecule has 8 nitrogen and oxygen atoms in total. The van der Waals surface area contributed by atoms with E-state index < -0.39 is 28.4 Å². The standard InChI is InChI=1S/C14H15N3O5S2/c1-17(9-12(18)16-14-15-7-8-23-14)24(20,21)11-6-4-3-5-10(11)13(19)22-2/h3-8H,9H2,1-2H3,(H,15,16,18). The number of amides is 1. The van der Waals surface area contributed by atoms with Gasteiger partial charge in [-0.2, -0.15) is 4.31 Å². The van der Waals surface area contributed by atoms with Crippen LogP contribution in [0.1, 0.15) is 10.4 Å². The lowest BCUT2D eigenvalue weighted by Crippen LogP contribution is -2.35. The number of nitrogens with one attached hydrogen (secondary N) is 1. The van der Waals surface area contributed by atoms with Crippen LogP contribution in [0.4, 0.5) is 5.13 Å². The largest absolute Gasteiger partial charge is 0.465 e. The summed E-state index contributed by atoms with van der Waals surface area (Å²) in [6.07, 6.45) is 1.52. The third-order valence-corrected chi connectivity index (χ3v) is 5.58. The molecule has 0 spiro atoms. The van der Waals surface area contributed by atoms with E-state index in [4.69, 9.17) is 0 Å². The highest BCUT2D eigenvalue weighted by molar-refractivity contribution is 7.89. The first-order valence-electron chi connectivity index (χ1n) is 6.69. The van der Waals surface area contributed by atoms with Crippen molar-refractivity contribution < 1.29 is 22.7 Å². The summed E-state index contributed by atoms with van der Waals surface area (Å²) in [4.78, 5) is 27.3. The number of ether oxygens (including phenoxy) is 1. The first-order chi connectivity index (χ1) is 11.4. The van der Waals surface area contributed by atoms with Gasteiger partial charge in [-0.25, -0.2) is 18.2 Å². The second-order valence-electron chi connectivity index (χ2n) is 4.63. The molecule has 1 amide bonds. The normalized spacial score (nSPS) is 11.3. The number of sulfonamides is 1. The lowest BCUT2D eigenvalue weighted by Gasteiger charge is -2.18. The average Bonchev–Trinajstić information content (AvgIpc) is 3.06. The zero-order valence-corrected chi connectivity index (χ0v) is 14.6. The van der Waals surface area contributed by atoms with Gasteiger partial charge >= 0.3 is 5.97 Å². The van der Waals surface area contributed by atoms with Crippen LogP contribution in [-0.2, 0) is 19.6 Å². The van der Waals surface area contributed by atoms with Gasteiger partial charge < -0.3 is 10.1 Å². The smallest absolute Gasteiger partial charge is 0.339 e. The molecule has 1 aromatic carbocycles. The number of carbonyl (C=O) groups excluding carboxylic acids is 2. The molecule has 1 aromatic heterocycles. The second-order valence-corrected chi connectivity index (χ2v) is 7.54. The Morgan fingerprint density at radius 3 is 2.67 bits per heavy atom. The van der Waals surface area contributed by atoms with Crippen molar-refractivity contribution in [1.29, 1.82) is 0 Å². The van der Waals surface area contributed by atoms with Gasteiger partial charge in [-0.15, -0.1) is 11.3 Å². The van der Waals surface area contributed by atoms with Crippen LogP contribution in [0.2, 0.25) is 0 Å². The van der Waals surface area contributed by atoms with Crippen molar-refractivity contribution in [3.05, 3.63) is 41.4 Å². The van der Waals surface area contributed by atoms with Crippen molar-refractivity contribution in [2.75, 3.05) is 26.0 Å². The van der Waals surface area contributed by atoms with Crippen LogP contribution < -0.4 is 5.32 Å². The molecule has 0 saturated heterocycles. The van der Waals surface area contributed by atoms with Gasteiger partial charge in [0.05, 0.1) is 24.1 Å². The number of rotatable bonds is 6. The molecule has 1 N–H and O–H groups in total. The van der Waals surface area contributed by atoms with Crippen molar-refractivity contribution in [3.63, 3.8) is 0 Å². The number of carbonyl (C=O) groups is 2. The molecule has 1 heterocycles. The Kier molecular flexibility index (Phi) is 5.65. The second kappa shape index (κ2) is 7.51. The topological polar surface area (TPSA) is 106 Å².